The minimum Gasteiger partial charge on any atom is -0.487 e. The second-order valence-corrected chi connectivity index (χ2v) is 34.4. The Labute approximate surface area is 820 Å². The van der Waals surface area contributed by atoms with Crippen molar-refractivity contribution in [1.82, 2.24) is 39.9 Å². The summed E-state index contributed by atoms with van der Waals surface area (Å²) < 4.78 is 142. The first kappa shape index (κ1) is 114. The summed E-state index contributed by atoms with van der Waals surface area (Å²) in [7, 11) is 9.87. The van der Waals surface area contributed by atoms with E-state index < -0.39 is 0 Å². The van der Waals surface area contributed by atoms with Gasteiger partial charge in [-0.2, -0.15) is 0 Å². The summed E-state index contributed by atoms with van der Waals surface area (Å²) in [5, 5.41) is 2.94. The third-order valence-corrected chi connectivity index (χ3v) is 23.7. The number of benzene rings is 4. The molecule has 0 saturated carbocycles. The van der Waals surface area contributed by atoms with Crippen molar-refractivity contribution in [3.8, 4) is 80.0 Å². The number of aromatic amines is 2. The number of hydrogen-bond acceptors (Lipinski definition) is 30. The maximum Gasteiger partial charge on any atom is 0.164 e. The molecule has 0 amide bonds. The second kappa shape index (κ2) is 73.4. The SMILES string of the molecule is CCCCCCCCCCCCCCCCc1cc2c3nc4nc(nc5[nH]c(nc6nc(nc([nH]3)c2cc1CCCCCCCCCCCCCCCC)-c1cc(OCCOCCOCCOC)c(OCCOCCOCCOC)cc1-6)c1cc(OCCOCCOCCOC)c(OCCOCCOCCOC)cc51)-c1cc(OCCOCCOCCOC)c(OCCOCCOCCOC)cc1-4. The highest BCUT2D eigenvalue weighted by molar-refractivity contribution is 6.08. The smallest absolute Gasteiger partial charge is 0.164 e. The number of rotatable bonds is 90. The number of aryl methyl sites for hydroxylation is 2. The number of methoxy groups -OCH3 is 6. The van der Waals surface area contributed by atoms with Crippen molar-refractivity contribution in [2.24, 2.45) is 0 Å². The zero-order valence-corrected chi connectivity index (χ0v) is 84.8. The van der Waals surface area contributed by atoms with Gasteiger partial charge < -0.3 is 124 Å². The summed E-state index contributed by atoms with van der Waals surface area (Å²) >= 11 is 0. The van der Waals surface area contributed by atoms with E-state index >= 15 is 0 Å². The zero-order chi connectivity index (χ0) is 96.8. The van der Waals surface area contributed by atoms with Crippen LogP contribution in [0.25, 0.3) is 89.7 Å². The first-order valence-corrected chi connectivity index (χ1v) is 51.5. The van der Waals surface area contributed by atoms with Gasteiger partial charge in [0, 0.05) is 86.5 Å². The molecule has 2 aliphatic rings. The Morgan fingerprint density at radius 2 is 0.348 bits per heavy atom. The van der Waals surface area contributed by atoms with E-state index in [1.165, 1.54) is 165 Å². The third kappa shape index (κ3) is 43.6. The van der Waals surface area contributed by atoms with Gasteiger partial charge in [0.25, 0.3) is 0 Å². The lowest BCUT2D eigenvalue weighted by atomic mass is 9.94. The van der Waals surface area contributed by atoms with Crippen LogP contribution in [0.3, 0.4) is 0 Å². The van der Waals surface area contributed by atoms with Crippen molar-refractivity contribution >= 4 is 44.1 Å². The molecule has 0 unspecified atom stereocenters. The molecule has 138 heavy (non-hydrogen) atoms. The number of ether oxygens (including phenoxy) is 24. The van der Waals surface area contributed by atoms with E-state index in [4.69, 9.17) is 144 Å². The van der Waals surface area contributed by atoms with Gasteiger partial charge in [-0.05, 0) is 85.3 Å². The average Bonchev–Trinajstić information content (AvgIpc) is 1.59. The van der Waals surface area contributed by atoms with Crippen molar-refractivity contribution in [3.05, 3.63) is 59.7 Å². The van der Waals surface area contributed by atoms with Crippen LogP contribution in [-0.4, -0.2) is 320 Å². The Balaban J connectivity index is 1.24. The fourth-order valence-corrected chi connectivity index (χ4v) is 16.2. The quantitative estimate of drug-likeness (QED) is 0.0334. The summed E-state index contributed by atoms with van der Waals surface area (Å²) in [6, 6.07) is 16.2. The minimum absolute atomic E-state index is 0.147. The van der Waals surface area contributed by atoms with Crippen LogP contribution in [0.4, 0.5) is 0 Å². The Bertz CT molecular complexity index is 4100. The van der Waals surface area contributed by atoms with Crippen LogP contribution in [0.15, 0.2) is 48.5 Å². The molecule has 4 aromatic carbocycles. The van der Waals surface area contributed by atoms with E-state index in [0.717, 1.165) is 49.3 Å². The molecule has 0 fully saturated rings. The maximum atomic E-state index is 6.75. The molecule has 0 saturated heterocycles. The molecule has 0 aliphatic carbocycles. The van der Waals surface area contributed by atoms with E-state index in [1.54, 1.807) is 42.7 Å². The molecule has 0 spiro atoms. The maximum absolute atomic E-state index is 6.75. The fourth-order valence-electron chi connectivity index (χ4n) is 16.2. The number of nitrogens with one attached hydrogen (secondary N) is 2. The zero-order valence-electron chi connectivity index (χ0n) is 84.8. The van der Waals surface area contributed by atoms with E-state index in [1.807, 2.05) is 36.4 Å². The first-order valence-electron chi connectivity index (χ1n) is 51.5. The molecule has 774 valence electrons. The summed E-state index contributed by atoms with van der Waals surface area (Å²) in [4.78, 5) is 41.2. The molecule has 3 aromatic heterocycles. The molecule has 5 heterocycles. The van der Waals surface area contributed by atoms with Crippen molar-refractivity contribution in [1.29, 1.82) is 0 Å². The molecule has 32 nitrogen and oxygen atoms in total. The van der Waals surface area contributed by atoms with Gasteiger partial charge in [0.05, 0.1) is 198 Å². The first-order chi connectivity index (χ1) is 68.3. The molecular formula is C106H166N8O24. The molecule has 2 aliphatic heterocycles. The summed E-state index contributed by atoms with van der Waals surface area (Å²) in [5.41, 5.74) is 6.88. The number of H-pyrrole nitrogens is 2. The molecule has 8 bridgehead atoms. The summed E-state index contributed by atoms with van der Waals surface area (Å²) in [6.07, 6.45) is 37.7. The van der Waals surface area contributed by atoms with Crippen LogP contribution in [-0.2, 0) is 98.1 Å². The van der Waals surface area contributed by atoms with Crippen LogP contribution in [0, 0.1) is 0 Å². The van der Waals surface area contributed by atoms with Crippen molar-refractivity contribution in [2.75, 3.05) is 281 Å². The van der Waals surface area contributed by atoms with Gasteiger partial charge in [-0.15, -0.1) is 0 Å². The van der Waals surface area contributed by atoms with Crippen molar-refractivity contribution in [3.63, 3.8) is 0 Å². The normalized spacial score (nSPS) is 11.9. The van der Waals surface area contributed by atoms with E-state index in [2.05, 4.69) is 35.9 Å². The van der Waals surface area contributed by atoms with Crippen LogP contribution in [0.1, 0.15) is 205 Å². The Morgan fingerprint density at radius 3 is 0.543 bits per heavy atom. The lowest BCUT2D eigenvalue weighted by molar-refractivity contribution is 0.0160. The average molecular weight is 1940 g/mol. The minimum atomic E-state index is 0.147. The second-order valence-electron chi connectivity index (χ2n) is 34.4. The van der Waals surface area contributed by atoms with Crippen LogP contribution in [0.5, 0.6) is 34.5 Å². The van der Waals surface area contributed by atoms with Crippen LogP contribution in [0.2, 0.25) is 0 Å². The van der Waals surface area contributed by atoms with Gasteiger partial charge in [-0.3, -0.25) is 0 Å². The Hall–Kier alpha value is -7.68. The van der Waals surface area contributed by atoms with Crippen LogP contribution < -0.4 is 28.4 Å². The standard InChI is InChI=1S/C106H166N8O24/c1-9-11-13-15-17-19-21-23-25-27-29-31-33-35-37-83-75-85-86(76-84(83)38-36-34-32-30-28-26-24-22-20-18-16-14-12-10-2)100-107-99(85)108-101-87-77-93(133-69-63-127-57-51-121-45-39-115-3)95(135-71-65-129-59-53-123-47-41-117-5)79-89(87)103(110-101)112-105-91-81-97(137-73-67-131-61-55-125-49-43-119-7)98(138-74-68-132-62-56-126-50-44-120-8)82-92(91)106(114-105)113-104-90-80-96(136-72-66-130-60-54-124-48-42-118-6)94(78-88(90)102(109-100)111-104)134-70-64-128-58-52-122-46-40-116-4/h75-82H,9-74H2,1-8H3,(H2,107,108,109,110,111,112,113,114). The molecule has 0 radical (unpaired) electrons. The van der Waals surface area contributed by atoms with Gasteiger partial charge in [0.2, 0.25) is 0 Å². The van der Waals surface area contributed by atoms with Gasteiger partial charge >= 0.3 is 0 Å². The molecule has 2 N–H and O–H groups in total. The van der Waals surface area contributed by atoms with Gasteiger partial charge in [-0.1, -0.05) is 181 Å². The topological polar surface area (TPSA) is 330 Å². The van der Waals surface area contributed by atoms with E-state index in [-0.39, 0.29) is 79.3 Å². The third-order valence-electron chi connectivity index (χ3n) is 23.7. The number of unbranched alkanes of at least 4 members (excludes halogenated alkanes) is 26. The van der Waals surface area contributed by atoms with E-state index in [9.17, 15) is 0 Å². The van der Waals surface area contributed by atoms with Gasteiger partial charge in [0.1, 0.15) is 62.2 Å². The van der Waals surface area contributed by atoms with Gasteiger partial charge in [-0.25, -0.2) is 29.9 Å². The summed E-state index contributed by atoms with van der Waals surface area (Å²) in [5.74, 6) is 3.81. The highest BCUT2D eigenvalue weighted by Gasteiger charge is 2.29. The Kier molecular flexibility index (Phi) is 60.6. The number of nitrogens with zero attached hydrogens (tertiary/aromatic N) is 6. The predicted octanol–water partition coefficient (Wildman–Crippen LogP) is 19.3. The number of hydrogen-bond donors (Lipinski definition) is 2. The number of fused-ring (bicyclic) bond motifs is 20. The molecule has 7 aromatic rings. The molecule has 32 heteroatoms. The largest absolute Gasteiger partial charge is 0.487 e. The lowest BCUT2D eigenvalue weighted by Gasteiger charge is -2.15. The molecular weight excluding hydrogens is 1770 g/mol. The van der Waals surface area contributed by atoms with E-state index in [0.29, 0.717) is 272 Å². The molecule has 9 rings (SSSR count). The fraction of sp³-hybridized carbons (Fsp3) is 0.698. The molecule has 0 atom stereocenters. The number of aromatic nitrogens is 8. The van der Waals surface area contributed by atoms with Crippen molar-refractivity contribution < 1.29 is 114 Å². The highest BCUT2D eigenvalue weighted by Crippen LogP contribution is 2.46. The van der Waals surface area contributed by atoms with Gasteiger partial charge in [0.15, 0.2) is 57.8 Å². The Morgan fingerprint density at radius 1 is 0.181 bits per heavy atom. The van der Waals surface area contributed by atoms with Crippen molar-refractivity contribution in [2.45, 2.75) is 206 Å². The van der Waals surface area contributed by atoms with Crippen LogP contribution >= 0.6 is 0 Å². The highest BCUT2D eigenvalue weighted by atomic mass is 16.6. The monoisotopic (exact) mass is 1940 g/mol. The summed E-state index contributed by atoms with van der Waals surface area (Å²) in [6.45, 7) is 17.0. The predicted molar refractivity (Wildman–Crippen MR) is 538 cm³/mol. The lowest BCUT2D eigenvalue weighted by Crippen LogP contribution is -2.14.